The first-order valence-corrected chi connectivity index (χ1v) is 5.50. The fourth-order valence-corrected chi connectivity index (χ4v) is 1.83. The Hall–Kier alpha value is -1.48. The summed E-state index contributed by atoms with van der Waals surface area (Å²) in [6.07, 6.45) is -2.83. The second-order valence-electron chi connectivity index (χ2n) is 3.21. The molecule has 92 valence electrons. The fraction of sp³-hybridized carbons (Fsp3) is 0.375. The number of aromatic nitrogens is 4. The van der Waals surface area contributed by atoms with E-state index >= 15 is 0 Å². The zero-order valence-corrected chi connectivity index (χ0v) is 9.27. The largest absolute Gasteiger partial charge is 0.443 e. The number of nitrogens with zero attached hydrogens (tertiary/aromatic N) is 3. The molecule has 17 heavy (non-hydrogen) atoms. The van der Waals surface area contributed by atoms with Crippen LogP contribution in [-0.2, 0) is 19.3 Å². The molecule has 5 nitrogen and oxygen atoms in total. The van der Waals surface area contributed by atoms with Gasteiger partial charge in [-0.2, -0.15) is 28.6 Å². The molecule has 0 saturated heterocycles. The molecule has 9 heteroatoms. The first kappa shape index (κ1) is 12.0. The predicted molar refractivity (Wildman–Crippen MR) is 54.0 cm³/mol. The van der Waals surface area contributed by atoms with E-state index in [-0.39, 0.29) is 6.54 Å². The number of nitrogens with one attached hydrogen (secondary N) is 2. The molecule has 0 unspecified atom stereocenters. The van der Waals surface area contributed by atoms with Crippen molar-refractivity contribution in [1.82, 2.24) is 25.7 Å². The minimum absolute atomic E-state index is 0.263. The Morgan fingerprint density at radius 3 is 2.65 bits per heavy atom. The van der Waals surface area contributed by atoms with Gasteiger partial charge in [0.25, 0.3) is 0 Å². The summed E-state index contributed by atoms with van der Waals surface area (Å²) < 4.78 is 36.8. The molecule has 2 N–H and O–H groups in total. The molecule has 2 aromatic rings. The van der Waals surface area contributed by atoms with Crippen LogP contribution in [0.25, 0.3) is 0 Å². The average Bonchev–Trinajstić information content (AvgIpc) is 2.86. The van der Waals surface area contributed by atoms with Crippen molar-refractivity contribution in [1.29, 1.82) is 0 Å². The molecule has 0 spiro atoms. The summed E-state index contributed by atoms with van der Waals surface area (Å²) in [5.41, 5.74) is 1.06. The van der Waals surface area contributed by atoms with Crippen molar-refractivity contribution in [2.24, 2.45) is 0 Å². The topological polar surface area (TPSA) is 66.5 Å². The maximum Gasteiger partial charge on any atom is 0.443 e. The third-order valence-corrected chi connectivity index (χ3v) is 2.81. The molecule has 0 atom stereocenters. The molecule has 0 aromatic carbocycles. The van der Waals surface area contributed by atoms with E-state index in [1.807, 2.05) is 0 Å². The minimum atomic E-state index is -4.37. The van der Waals surface area contributed by atoms with Gasteiger partial charge in [-0.1, -0.05) is 0 Å². The summed E-state index contributed by atoms with van der Waals surface area (Å²) in [4.78, 5) is 3.49. The summed E-state index contributed by atoms with van der Waals surface area (Å²) in [5, 5.41) is 13.3. The van der Waals surface area contributed by atoms with E-state index in [0.29, 0.717) is 29.3 Å². The third kappa shape index (κ3) is 3.24. The quantitative estimate of drug-likeness (QED) is 0.878. The second-order valence-corrected chi connectivity index (χ2v) is 4.06. The van der Waals surface area contributed by atoms with E-state index in [9.17, 15) is 13.2 Å². The molecule has 2 heterocycles. The Morgan fingerprint density at radius 1 is 1.29 bits per heavy atom. The number of hydrogen-bond donors (Lipinski definition) is 2. The summed E-state index contributed by atoms with van der Waals surface area (Å²) in [6, 6.07) is 0. The lowest BCUT2D eigenvalue weighted by Crippen LogP contribution is -2.13. The molecule has 0 radical (unpaired) electrons. The summed E-state index contributed by atoms with van der Waals surface area (Å²) >= 11 is 0.594. The molecule has 2 rings (SSSR count). The number of thiazole rings is 1. The number of H-pyrrole nitrogens is 1. The van der Waals surface area contributed by atoms with E-state index < -0.39 is 11.2 Å². The van der Waals surface area contributed by atoms with Gasteiger partial charge < -0.3 is 5.32 Å². The van der Waals surface area contributed by atoms with Crippen LogP contribution in [0.5, 0.6) is 0 Å². The van der Waals surface area contributed by atoms with Gasteiger partial charge in [0.2, 0.25) is 0 Å². The summed E-state index contributed by atoms with van der Waals surface area (Å²) in [7, 11) is 0. The molecule has 0 amide bonds. The van der Waals surface area contributed by atoms with Crippen molar-refractivity contribution in [3.63, 3.8) is 0 Å². The average molecular weight is 263 g/mol. The van der Waals surface area contributed by atoms with Gasteiger partial charge in [-0.3, -0.25) is 0 Å². The maximum absolute atomic E-state index is 12.3. The zero-order chi connectivity index (χ0) is 12.3. The van der Waals surface area contributed by atoms with E-state index in [4.69, 9.17) is 0 Å². The highest BCUT2D eigenvalue weighted by Crippen LogP contribution is 2.31. The number of hydrogen-bond acceptors (Lipinski definition) is 5. The Kier molecular flexibility index (Phi) is 3.38. The molecular formula is C8H8F3N5S. The Bertz CT molecular complexity index is 464. The molecule has 0 aliphatic carbocycles. The number of rotatable bonds is 4. The lowest BCUT2D eigenvalue weighted by molar-refractivity contribution is -0.137. The third-order valence-electron chi connectivity index (χ3n) is 1.87. The van der Waals surface area contributed by atoms with Crippen molar-refractivity contribution in [2.75, 3.05) is 0 Å². The molecule has 0 aliphatic rings. The predicted octanol–water partition coefficient (Wildman–Crippen LogP) is 1.57. The highest BCUT2D eigenvalue weighted by Gasteiger charge is 2.34. The molecule has 0 saturated carbocycles. The van der Waals surface area contributed by atoms with Crippen LogP contribution in [0.1, 0.15) is 16.4 Å². The number of halogens is 3. The monoisotopic (exact) mass is 263 g/mol. The SMILES string of the molecule is FC(F)(F)c1nc(CNCc2cn[nH]n2)cs1. The van der Waals surface area contributed by atoms with Crippen molar-refractivity contribution >= 4 is 11.3 Å². The molecule has 0 bridgehead atoms. The summed E-state index contributed by atoms with van der Waals surface area (Å²) in [5.74, 6) is 0. The van der Waals surface area contributed by atoms with E-state index in [1.54, 1.807) is 0 Å². The lowest BCUT2D eigenvalue weighted by Gasteiger charge is -2.00. The number of aromatic amines is 1. The van der Waals surface area contributed by atoms with Gasteiger partial charge in [0.15, 0.2) is 5.01 Å². The van der Waals surface area contributed by atoms with Gasteiger partial charge in [0, 0.05) is 18.5 Å². The van der Waals surface area contributed by atoms with E-state index in [1.165, 1.54) is 11.6 Å². The normalized spacial score (nSPS) is 11.9. The smallest absolute Gasteiger partial charge is 0.305 e. The summed E-state index contributed by atoms with van der Waals surface area (Å²) in [6.45, 7) is 0.689. The zero-order valence-electron chi connectivity index (χ0n) is 8.45. The van der Waals surface area contributed by atoms with Gasteiger partial charge in [0.05, 0.1) is 17.6 Å². The van der Waals surface area contributed by atoms with Crippen LogP contribution in [-0.4, -0.2) is 20.4 Å². The van der Waals surface area contributed by atoms with Crippen molar-refractivity contribution in [2.45, 2.75) is 19.3 Å². The maximum atomic E-state index is 12.3. The van der Waals surface area contributed by atoms with Crippen LogP contribution in [0.4, 0.5) is 13.2 Å². The Balaban J connectivity index is 1.85. The van der Waals surface area contributed by atoms with Crippen LogP contribution < -0.4 is 5.32 Å². The van der Waals surface area contributed by atoms with Crippen molar-refractivity contribution in [3.8, 4) is 0 Å². The highest BCUT2D eigenvalue weighted by atomic mass is 32.1. The second kappa shape index (κ2) is 4.80. The molecule has 0 aliphatic heterocycles. The first-order valence-electron chi connectivity index (χ1n) is 4.62. The van der Waals surface area contributed by atoms with E-state index in [0.717, 1.165) is 0 Å². The fourth-order valence-electron chi connectivity index (χ4n) is 1.15. The van der Waals surface area contributed by atoms with Gasteiger partial charge in [-0.25, -0.2) is 4.98 Å². The Morgan fingerprint density at radius 2 is 2.06 bits per heavy atom. The van der Waals surface area contributed by atoms with Crippen molar-refractivity contribution in [3.05, 3.63) is 28.0 Å². The van der Waals surface area contributed by atoms with Gasteiger partial charge in [0.1, 0.15) is 0 Å². The molecular weight excluding hydrogens is 255 g/mol. The van der Waals surface area contributed by atoms with Crippen LogP contribution in [0.2, 0.25) is 0 Å². The molecule has 2 aromatic heterocycles. The minimum Gasteiger partial charge on any atom is -0.305 e. The van der Waals surface area contributed by atoms with Crippen LogP contribution >= 0.6 is 11.3 Å². The van der Waals surface area contributed by atoms with E-state index in [2.05, 4.69) is 25.7 Å². The highest BCUT2D eigenvalue weighted by molar-refractivity contribution is 7.09. The Labute approximate surface area is 98.1 Å². The van der Waals surface area contributed by atoms with Crippen LogP contribution in [0.15, 0.2) is 11.6 Å². The van der Waals surface area contributed by atoms with Gasteiger partial charge in [-0.05, 0) is 0 Å². The standard InChI is InChI=1S/C8H8F3N5S/c9-8(10,11)7-14-6(4-17-7)2-12-1-5-3-13-16-15-5/h3-4,12H,1-2H2,(H,13,15,16). The number of alkyl halides is 3. The molecule has 0 fully saturated rings. The van der Waals surface area contributed by atoms with Crippen LogP contribution in [0.3, 0.4) is 0 Å². The van der Waals surface area contributed by atoms with Crippen molar-refractivity contribution < 1.29 is 13.2 Å². The van der Waals surface area contributed by atoms with Gasteiger partial charge >= 0.3 is 6.18 Å². The lowest BCUT2D eigenvalue weighted by atomic mass is 10.4. The first-order chi connectivity index (χ1) is 8.05. The van der Waals surface area contributed by atoms with Crippen LogP contribution in [0, 0.1) is 0 Å². The van der Waals surface area contributed by atoms with Gasteiger partial charge in [-0.15, -0.1) is 11.3 Å².